The molecule has 0 N–H and O–H groups in total. The van der Waals surface area contributed by atoms with E-state index >= 15 is 0 Å². The highest BCUT2D eigenvalue weighted by atomic mass is 19.1. The van der Waals surface area contributed by atoms with E-state index in [2.05, 4.69) is 0 Å². The predicted octanol–water partition coefficient (Wildman–Crippen LogP) is 4.81. The summed E-state index contributed by atoms with van der Waals surface area (Å²) in [4.78, 5) is 12.4. The SMILES string of the molecule is CCOC(=O)C(C#N)C(c1ccccc1F)c1cccc2ccccc12. The molecule has 3 aromatic carbocycles. The van der Waals surface area contributed by atoms with Crippen molar-refractivity contribution in [3.05, 3.63) is 83.7 Å². The number of hydrogen-bond acceptors (Lipinski definition) is 3. The first-order valence-corrected chi connectivity index (χ1v) is 8.45. The van der Waals surface area contributed by atoms with E-state index < -0.39 is 23.6 Å². The number of carbonyl (C=O) groups excluding carboxylic acids is 1. The summed E-state index contributed by atoms with van der Waals surface area (Å²) in [5.74, 6) is -2.99. The van der Waals surface area contributed by atoms with Crippen LogP contribution in [0.5, 0.6) is 0 Å². The van der Waals surface area contributed by atoms with Crippen molar-refractivity contribution in [3.8, 4) is 6.07 Å². The molecule has 0 bridgehead atoms. The molecule has 0 saturated carbocycles. The molecule has 2 unspecified atom stereocenters. The Morgan fingerprint density at radius 2 is 1.69 bits per heavy atom. The highest BCUT2D eigenvalue weighted by Gasteiger charge is 2.34. The number of carbonyl (C=O) groups is 1. The molecule has 2 atom stereocenters. The van der Waals surface area contributed by atoms with E-state index in [4.69, 9.17) is 4.74 Å². The first kappa shape index (κ1) is 17.6. The van der Waals surface area contributed by atoms with Gasteiger partial charge in [0.05, 0.1) is 12.7 Å². The molecule has 0 aliphatic rings. The van der Waals surface area contributed by atoms with Gasteiger partial charge in [-0.25, -0.2) is 4.39 Å². The van der Waals surface area contributed by atoms with Gasteiger partial charge in [0.25, 0.3) is 0 Å². The van der Waals surface area contributed by atoms with E-state index in [-0.39, 0.29) is 6.61 Å². The zero-order valence-electron chi connectivity index (χ0n) is 14.4. The predicted molar refractivity (Wildman–Crippen MR) is 97.9 cm³/mol. The van der Waals surface area contributed by atoms with Gasteiger partial charge in [0.15, 0.2) is 5.92 Å². The van der Waals surface area contributed by atoms with E-state index in [1.165, 1.54) is 6.07 Å². The van der Waals surface area contributed by atoms with Crippen LogP contribution in [0, 0.1) is 23.1 Å². The minimum Gasteiger partial charge on any atom is -0.465 e. The van der Waals surface area contributed by atoms with Crippen molar-refractivity contribution in [1.82, 2.24) is 0 Å². The van der Waals surface area contributed by atoms with Gasteiger partial charge >= 0.3 is 5.97 Å². The largest absolute Gasteiger partial charge is 0.465 e. The normalized spacial score (nSPS) is 13.0. The van der Waals surface area contributed by atoms with Crippen LogP contribution in [0.4, 0.5) is 4.39 Å². The molecule has 0 fully saturated rings. The fraction of sp³-hybridized carbons (Fsp3) is 0.182. The topological polar surface area (TPSA) is 50.1 Å². The minimum atomic E-state index is -1.14. The average molecular weight is 347 g/mol. The molecule has 0 aliphatic heterocycles. The molecule has 26 heavy (non-hydrogen) atoms. The Bertz CT molecular complexity index is 972. The van der Waals surface area contributed by atoms with Crippen molar-refractivity contribution in [1.29, 1.82) is 5.26 Å². The van der Waals surface area contributed by atoms with Crippen molar-refractivity contribution < 1.29 is 13.9 Å². The molecular formula is C22H18FNO2. The summed E-state index contributed by atoms with van der Waals surface area (Å²) in [7, 11) is 0. The first-order valence-electron chi connectivity index (χ1n) is 8.45. The second-order valence-electron chi connectivity index (χ2n) is 5.93. The van der Waals surface area contributed by atoms with Crippen molar-refractivity contribution in [2.45, 2.75) is 12.8 Å². The molecule has 0 aromatic heterocycles. The molecule has 0 amide bonds. The molecule has 4 heteroatoms. The van der Waals surface area contributed by atoms with Gasteiger partial charge in [-0.05, 0) is 34.9 Å². The van der Waals surface area contributed by atoms with E-state index in [0.29, 0.717) is 5.56 Å². The maximum absolute atomic E-state index is 14.6. The zero-order chi connectivity index (χ0) is 18.5. The summed E-state index contributed by atoms with van der Waals surface area (Å²) in [6.07, 6.45) is 0. The summed E-state index contributed by atoms with van der Waals surface area (Å²) in [5, 5.41) is 11.6. The van der Waals surface area contributed by atoms with Gasteiger partial charge in [0, 0.05) is 5.92 Å². The van der Waals surface area contributed by atoms with Crippen molar-refractivity contribution >= 4 is 16.7 Å². The summed E-state index contributed by atoms with van der Waals surface area (Å²) in [6, 6.07) is 21.6. The lowest BCUT2D eigenvalue weighted by Crippen LogP contribution is -2.25. The lowest BCUT2D eigenvalue weighted by atomic mass is 9.79. The summed E-state index contributed by atoms with van der Waals surface area (Å²) >= 11 is 0. The summed E-state index contributed by atoms with van der Waals surface area (Å²) in [6.45, 7) is 1.85. The third-order valence-corrected chi connectivity index (χ3v) is 4.41. The van der Waals surface area contributed by atoms with Crippen LogP contribution in [0.2, 0.25) is 0 Å². The average Bonchev–Trinajstić information content (AvgIpc) is 2.66. The van der Waals surface area contributed by atoms with E-state index in [0.717, 1.165) is 16.3 Å². The molecule has 3 nitrogen and oxygen atoms in total. The smallest absolute Gasteiger partial charge is 0.324 e. The van der Waals surface area contributed by atoms with Crippen LogP contribution in [0.3, 0.4) is 0 Å². The van der Waals surface area contributed by atoms with E-state index in [1.54, 1.807) is 25.1 Å². The van der Waals surface area contributed by atoms with E-state index in [1.807, 2.05) is 48.5 Å². The number of ether oxygens (including phenoxy) is 1. The summed E-state index contributed by atoms with van der Waals surface area (Å²) in [5.41, 5.74) is 1.04. The van der Waals surface area contributed by atoms with Crippen LogP contribution in [0.25, 0.3) is 10.8 Å². The minimum absolute atomic E-state index is 0.163. The number of nitriles is 1. The Labute approximate surface area is 151 Å². The highest BCUT2D eigenvalue weighted by Crippen LogP contribution is 2.37. The molecule has 3 aromatic rings. The van der Waals surface area contributed by atoms with Crippen LogP contribution >= 0.6 is 0 Å². The van der Waals surface area contributed by atoms with Gasteiger partial charge in [-0.2, -0.15) is 5.26 Å². The van der Waals surface area contributed by atoms with Crippen molar-refractivity contribution in [2.75, 3.05) is 6.61 Å². The number of rotatable bonds is 5. The lowest BCUT2D eigenvalue weighted by molar-refractivity contribution is -0.146. The molecule has 0 aliphatic carbocycles. The second kappa shape index (κ2) is 7.79. The Morgan fingerprint density at radius 1 is 1.04 bits per heavy atom. The first-order chi connectivity index (χ1) is 12.7. The molecule has 3 rings (SSSR count). The summed E-state index contributed by atoms with van der Waals surface area (Å²) < 4.78 is 19.7. The zero-order valence-corrected chi connectivity index (χ0v) is 14.4. The van der Waals surface area contributed by atoms with Crippen LogP contribution in [-0.2, 0) is 9.53 Å². The number of hydrogen-bond donors (Lipinski definition) is 0. The third-order valence-electron chi connectivity index (χ3n) is 4.41. The number of esters is 1. The van der Waals surface area contributed by atoms with Gasteiger partial charge in [0.1, 0.15) is 5.82 Å². The molecule has 130 valence electrons. The fourth-order valence-corrected chi connectivity index (χ4v) is 3.27. The van der Waals surface area contributed by atoms with Crippen molar-refractivity contribution in [3.63, 3.8) is 0 Å². The lowest BCUT2D eigenvalue weighted by Gasteiger charge is -2.23. The maximum Gasteiger partial charge on any atom is 0.324 e. The Kier molecular flexibility index (Phi) is 5.28. The van der Waals surface area contributed by atoms with Crippen LogP contribution < -0.4 is 0 Å². The highest BCUT2D eigenvalue weighted by molar-refractivity contribution is 5.88. The van der Waals surface area contributed by atoms with Gasteiger partial charge in [-0.3, -0.25) is 4.79 Å². The van der Waals surface area contributed by atoms with Crippen LogP contribution in [0.1, 0.15) is 24.0 Å². The van der Waals surface area contributed by atoms with Gasteiger partial charge in [-0.1, -0.05) is 60.7 Å². The molecular weight excluding hydrogens is 329 g/mol. The standard InChI is InChI=1S/C22H18FNO2/c1-2-26-22(25)19(14-24)21(18-11-5-6-13-20(18)23)17-12-7-9-15-8-3-4-10-16(15)17/h3-13,19,21H,2H2,1H3. The van der Waals surface area contributed by atoms with Gasteiger partial charge < -0.3 is 4.74 Å². The number of halogens is 1. The fourth-order valence-electron chi connectivity index (χ4n) is 3.27. The van der Waals surface area contributed by atoms with Crippen LogP contribution in [0.15, 0.2) is 66.7 Å². The molecule has 0 radical (unpaired) electrons. The van der Waals surface area contributed by atoms with Crippen molar-refractivity contribution in [2.24, 2.45) is 5.92 Å². The number of fused-ring (bicyclic) bond motifs is 1. The Morgan fingerprint density at radius 3 is 2.42 bits per heavy atom. The molecule has 0 heterocycles. The quantitative estimate of drug-likeness (QED) is 0.622. The monoisotopic (exact) mass is 347 g/mol. The second-order valence-corrected chi connectivity index (χ2v) is 5.93. The Balaban J connectivity index is 2.25. The number of nitrogens with zero attached hydrogens (tertiary/aromatic N) is 1. The molecule has 0 saturated heterocycles. The third kappa shape index (κ3) is 3.29. The Hall–Kier alpha value is -3.19. The van der Waals surface area contributed by atoms with Crippen LogP contribution in [-0.4, -0.2) is 12.6 Å². The van der Waals surface area contributed by atoms with E-state index in [9.17, 15) is 14.4 Å². The molecule has 0 spiro atoms. The van der Waals surface area contributed by atoms with Gasteiger partial charge in [0.2, 0.25) is 0 Å². The maximum atomic E-state index is 14.6. The number of benzene rings is 3. The van der Waals surface area contributed by atoms with Gasteiger partial charge in [-0.15, -0.1) is 0 Å².